The summed E-state index contributed by atoms with van der Waals surface area (Å²) in [6.07, 6.45) is -0.0903. The van der Waals surface area contributed by atoms with Crippen molar-refractivity contribution in [1.29, 1.82) is 0 Å². The summed E-state index contributed by atoms with van der Waals surface area (Å²) in [5, 5.41) is 11.7. The molecule has 1 aliphatic heterocycles. The van der Waals surface area contributed by atoms with E-state index in [-0.39, 0.29) is 13.2 Å². The summed E-state index contributed by atoms with van der Waals surface area (Å²) < 4.78 is 14.8. The molecule has 0 aromatic heterocycles. The number of carboxylic acid groups (broad SMARTS) is 1. The molecule has 9 heteroatoms. The van der Waals surface area contributed by atoms with Crippen LogP contribution in [0.1, 0.15) is 33.1 Å². The van der Waals surface area contributed by atoms with Crippen LogP contribution >= 0.6 is 0 Å². The molecule has 136 valence electrons. The van der Waals surface area contributed by atoms with Crippen LogP contribution in [0.2, 0.25) is 0 Å². The van der Waals surface area contributed by atoms with Gasteiger partial charge in [0.25, 0.3) is 0 Å². The van der Waals surface area contributed by atoms with E-state index in [9.17, 15) is 24.3 Å². The van der Waals surface area contributed by atoms with Crippen LogP contribution in [0.4, 0.5) is 0 Å². The van der Waals surface area contributed by atoms with E-state index in [2.05, 4.69) is 5.32 Å². The quantitative estimate of drug-likeness (QED) is 0.553. The van der Waals surface area contributed by atoms with E-state index in [1.165, 1.54) is 0 Å². The van der Waals surface area contributed by atoms with Crippen molar-refractivity contribution in [3.8, 4) is 0 Å². The van der Waals surface area contributed by atoms with E-state index in [1.54, 1.807) is 13.8 Å². The second-order valence-electron chi connectivity index (χ2n) is 5.19. The van der Waals surface area contributed by atoms with Crippen LogP contribution in [0.3, 0.4) is 0 Å². The van der Waals surface area contributed by atoms with Gasteiger partial charge in [0.2, 0.25) is 5.91 Å². The van der Waals surface area contributed by atoms with Crippen LogP contribution < -0.4 is 5.32 Å². The molecule has 9 nitrogen and oxygen atoms in total. The van der Waals surface area contributed by atoms with E-state index in [4.69, 9.17) is 14.2 Å². The summed E-state index contributed by atoms with van der Waals surface area (Å²) in [4.78, 5) is 47.3. The largest absolute Gasteiger partial charge is 0.480 e. The average Bonchev–Trinajstić information content (AvgIpc) is 3.05. The van der Waals surface area contributed by atoms with Gasteiger partial charge in [-0.05, 0) is 26.7 Å². The summed E-state index contributed by atoms with van der Waals surface area (Å²) in [7, 11) is 0. The lowest BCUT2D eigenvalue weighted by molar-refractivity contribution is -0.160. The number of nitrogens with one attached hydrogen (secondary N) is 1. The molecule has 0 bridgehead atoms. The first-order valence-corrected chi connectivity index (χ1v) is 7.87. The Morgan fingerprint density at radius 2 is 1.88 bits per heavy atom. The van der Waals surface area contributed by atoms with Crippen molar-refractivity contribution in [3.63, 3.8) is 0 Å². The van der Waals surface area contributed by atoms with Gasteiger partial charge in [-0.3, -0.25) is 14.4 Å². The van der Waals surface area contributed by atoms with Crippen LogP contribution in [0.25, 0.3) is 0 Å². The highest BCUT2D eigenvalue weighted by Gasteiger charge is 2.39. The number of aliphatic carboxylic acids is 1. The van der Waals surface area contributed by atoms with Gasteiger partial charge in [0.05, 0.1) is 25.6 Å². The van der Waals surface area contributed by atoms with Gasteiger partial charge in [0.15, 0.2) is 0 Å². The van der Waals surface area contributed by atoms with Crippen LogP contribution in [0, 0.1) is 5.92 Å². The lowest BCUT2D eigenvalue weighted by Gasteiger charge is -2.23. The third-order valence-electron chi connectivity index (χ3n) is 3.47. The first-order valence-electron chi connectivity index (χ1n) is 7.87. The average molecular weight is 345 g/mol. The second-order valence-corrected chi connectivity index (χ2v) is 5.19. The predicted molar refractivity (Wildman–Crippen MR) is 79.9 cm³/mol. The zero-order valence-electron chi connectivity index (χ0n) is 13.8. The van der Waals surface area contributed by atoms with Gasteiger partial charge in [-0.25, -0.2) is 4.79 Å². The zero-order valence-corrected chi connectivity index (χ0v) is 13.8. The van der Waals surface area contributed by atoms with E-state index in [0.29, 0.717) is 19.4 Å². The minimum absolute atomic E-state index is 0.0180. The minimum Gasteiger partial charge on any atom is -0.480 e. The van der Waals surface area contributed by atoms with Crippen molar-refractivity contribution >= 4 is 23.8 Å². The molecule has 0 aromatic rings. The zero-order chi connectivity index (χ0) is 18.1. The Bertz CT molecular complexity index is 472. The number of carbonyl (C=O) groups is 4. The van der Waals surface area contributed by atoms with Gasteiger partial charge in [-0.15, -0.1) is 0 Å². The number of esters is 2. The number of hydrogen-bond donors (Lipinski definition) is 2. The summed E-state index contributed by atoms with van der Waals surface area (Å²) in [5.41, 5.74) is 0. The van der Waals surface area contributed by atoms with E-state index in [1.807, 2.05) is 0 Å². The summed E-state index contributed by atoms with van der Waals surface area (Å²) in [6, 6.07) is -1.61. The Hall–Kier alpha value is -2.16. The molecule has 24 heavy (non-hydrogen) atoms. The fourth-order valence-electron chi connectivity index (χ4n) is 2.35. The second kappa shape index (κ2) is 9.86. The van der Waals surface area contributed by atoms with Crippen molar-refractivity contribution in [1.82, 2.24) is 5.32 Å². The van der Waals surface area contributed by atoms with Crippen molar-refractivity contribution in [2.45, 2.75) is 45.3 Å². The van der Waals surface area contributed by atoms with Crippen LogP contribution in [0.5, 0.6) is 0 Å². The Kier molecular flexibility index (Phi) is 8.17. The summed E-state index contributed by atoms with van der Waals surface area (Å²) in [5.74, 6) is -5.08. The summed E-state index contributed by atoms with van der Waals surface area (Å²) in [6.45, 7) is 3.67. The lowest BCUT2D eigenvalue weighted by atomic mass is 9.95. The number of hydrogen-bond acceptors (Lipinski definition) is 7. The third kappa shape index (κ3) is 5.80. The first kappa shape index (κ1) is 19.9. The monoisotopic (exact) mass is 345 g/mol. The molecule has 0 aromatic carbocycles. The molecule has 0 unspecified atom stereocenters. The predicted octanol–water partition coefficient (Wildman–Crippen LogP) is -0.133. The molecule has 2 N–H and O–H groups in total. The van der Waals surface area contributed by atoms with E-state index >= 15 is 0 Å². The number of carboxylic acids is 1. The maximum atomic E-state index is 12.1. The minimum atomic E-state index is -1.61. The Balaban J connectivity index is 2.89. The number of ether oxygens (including phenoxy) is 3. The molecular formula is C15H23NO8. The van der Waals surface area contributed by atoms with E-state index < -0.39 is 48.3 Å². The Morgan fingerprint density at radius 3 is 2.38 bits per heavy atom. The van der Waals surface area contributed by atoms with Crippen molar-refractivity contribution < 1.29 is 38.5 Å². The van der Waals surface area contributed by atoms with Crippen LogP contribution in [0.15, 0.2) is 0 Å². The third-order valence-corrected chi connectivity index (χ3v) is 3.47. The lowest BCUT2D eigenvalue weighted by Crippen LogP contribution is -2.52. The van der Waals surface area contributed by atoms with Crippen molar-refractivity contribution in [3.05, 3.63) is 0 Å². The normalized spacial score (nSPS) is 19.2. The van der Waals surface area contributed by atoms with Crippen LogP contribution in [-0.2, 0) is 33.4 Å². The first-order chi connectivity index (χ1) is 11.4. The number of carbonyl (C=O) groups excluding carboxylic acids is 3. The van der Waals surface area contributed by atoms with Gasteiger partial charge in [0.1, 0.15) is 12.1 Å². The topological polar surface area (TPSA) is 128 Å². The molecule has 1 rings (SSSR count). The molecule has 1 amide bonds. The molecule has 1 aliphatic rings. The van der Waals surface area contributed by atoms with Gasteiger partial charge >= 0.3 is 17.9 Å². The highest BCUT2D eigenvalue weighted by Crippen LogP contribution is 2.17. The molecule has 0 spiro atoms. The van der Waals surface area contributed by atoms with Crippen molar-refractivity contribution in [2.24, 2.45) is 5.92 Å². The Morgan fingerprint density at radius 1 is 1.21 bits per heavy atom. The molecule has 1 saturated heterocycles. The van der Waals surface area contributed by atoms with Crippen LogP contribution in [-0.4, -0.2) is 60.9 Å². The fraction of sp³-hybridized carbons (Fsp3) is 0.733. The Labute approximate surface area is 139 Å². The fourth-order valence-corrected chi connectivity index (χ4v) is 2.35. The molecule has 3 atom stereocenters. The van der Waals surface area contributed by atoms with Crippen molar-refractivity contribution in [2.75, 3.05) is 19.8 Å². The maximum Gasteiger partial charge on any atom is 0.327 e. The highest BCUT2D eigenvalue weighted by molar-refractivity contribution is 5.91. The van der Waals surface area contributed by atoms with Gasteiger partial charge in [-0.1, -0.05) is 0 Å². The van der Waals surface area contributed by atoms with Gasteiger partial charge in [-0.2, -0.15) is 0 Å². The number of rotatable bonds is 9. The van der Waals surface area contributed by atoms with Gasteiger partial charge < -0.3 is 24.6 Å². The van der Waals surface area contributed by atoms with E-state index in [0.717, 1.165) is 0 Å². The highest BCUT2D eigenvalue weighted by atomic mass is 16.5. The standard InChI is InChI=1S/C15H23NO8/c1-3-22-11(17)8-9(15(21)23-4-2)12(14(19)20)16-13(18)10-6-5-7-24-10/h9-10,12H,3-8H2,1-2H3,(H,16,18)(H,19,20)/t9-,10-,12+/m1/s1. The maximum absolute atomic E-state index is 12.1. The SMILES string of the molecule is CCOC(=O)C[C@@H](C(=O)OCC)[C@H](NC(=O)[C@H]1CCCO1)C(=O)O. The molecular weight excluding hydrogens is 322 g/mol. The molecule has 0 radical (unpaired) electrons. The number of amides is 1. The summed E-state index contributed by atoms with van der Waals surface area (Å²) >= 11 is 0. The molecule has 0 saturated carbocycles. The molecule has 1 fully saturated rings. The molecule has 0 aliphatic carbocycles. The van der Waals surface area contributed by atoms with Gasteiger partial charge in [0, 0.05) is 6.61 Å². The smallest absolute Gasteiger partial charge is 0.327 e. The molecule has 1 heterocycles.